The average molecular weight is 642 g/mol. The average Bonchev–Trinajstić information content (AvgIpc) is 3.86. The molecule has 7 rings (SSSR count). The van der Waals surface area contributed by atoms with Crippen LogP contribution in [-0.4, -0.2) is 63.4 Å². The van der Waals surface area contributed by atoms with Gasteiger partial charge in [-0.15, -0.1) is 0 Å². The Morgan fingerprint density at radius 2 is 1.66 bits per heavy atom. The zero-order valence-corrected chi connectivity index (χ0v) is 27.5. The fourth-order valence-corrected chi connectivity index (χ4v) is 6.40. The number of methoxy groups -OCH3 is 1. The second-order valence-electron chi connectivity index (χ2n) is 14.4. The van der Waals surface area contributed by atoms with Crippen LogP contribution in [-0.2, 0) is 10.3 Å². The number of nitrogens with zero attached hydrogens (tertiary/aromatic N) is 4. The number of carbonyl (C=O) groups is 2. The normalized spacial score (nSPS) is 20.6. The minimum absolute atomic E-state index is 0.0420. The molecule has 1 aromatic carbocycles. The molecule has 4 aromatic rings. The second-order valence-corrected chi connectivity index (χ2v) is 14.4. The lowest BCUT2D eigenvalue weighted by Crippen LogP contribution is -2.43. The smallest absolute Gasteiger partial charge is 0.408 e. The van der Waals surface area contributed by atoms with Gasteiger partial charge < -0.3 is 24.4 Å². The zero-order valence-electron chi connectivity index (χ0n) is 27.5. The Labute approximate surface area is 273 Å². The molecule has 3 aliphatic rings. The van der Waals surface area contributed by atoms with E-state index in [1.54, 1.807) is 29.8 Å². The number of hydrogen-bond acceptors (Lipinski definition) is 7. The Balaban J connectivity index is 1.08. The molecule has 47 heavy (non-hydrogen) atoms. The van der Waals surface area contributed by atoms with E-state index in [1.807, 2.05) is 63.8 Å². The lowest BCUT2D eigenvalue weighted by Gasteiger charge is -2.29. The number of aromatic nitrogens is 3. The molecule has 2 amide bonds. The standard InChI is InChI=1S/C36H40FN5O5/c1-35(2,3)47-34(44)39-36(4,5)23-15-28(20-9-11-24(37)12-10-20)38-30(16-23)46-32-26-18-41(19-27(26)32)33(43)22-13-25-17-29(21-7-8-21)40-42(25)31(14-22)45-6/h9-17,21,26-27,32H,7-8,18-19H2,1-6H3,(H,39,44)/t26-,27+,32?. The summed E-state index contributed by atoms with van der Waals surface area (Å²) in [6.45, 7) is 10.3. The van der Waals surface area contributed by atoms with E-state index >= 15 is 0 Å². The van der Waals surface area contributed by atoms with Gasteiger partial charge in [0.1, 0.15) is 17.5 Å². The Bertz CT molecular complexity index is 1850. The van der Waals surface area contributed by atoms with Crippen molar-refractivity contribution in [2.24, 2.45) is 11.8 Å². The third-order valence-corrected chi connectivity index (χ3v) is 9.14. The summed E-state index contributed by atoms with van der Waals surface area (Å²) in [4.78, 5) is 33.0. The van der Waals surface area contributed by atoms with E-state index in [4.69, 9.17) is 24.3 Å². The number of alkyl carbamates (subject to hydrolysis) is 1. The minimum Gasteiger partial charge on any atom is -0.481 e. The molecule has 0 bridgehead atoms. The van der Waals surface area contributed by atoms with Crippen LogP contribution in [0.4, 0.5) is 9.18 Å². The molecule has 0 spiro atoms. The van der Waals surface area contributed by atoms with Crippen LogP contribution in [0.1, 0.15) is 75.0 Å². The lowest BCUT2D eigenvalue weighted by molar-refractivity contribution is 0.0469. The first-order chi connectivity index (χ1) is 22.3. The highest BCUT2D eigenvalue weighted by atomic mass is 19.1. The van der Waals surface area contributed by atoms with Gasteiger partial charge in [0.25, 0.3) is 5.91 Å². The molecule has 4 heterocycles. The van der Waals surface area contributed by atoms with Gasteiger partial charge in [0, 0.05) is 54.1 Å². The topological polar surface area (TPSA) is 107 Å². The van der Waals surface area contributed by atoms with Crippen molar-refractivity contribution in [2.45, 2.75) is 70.6 Å². The number of benzene rings is 1. The Morgan fingerprint density at radius 3 is 2.30 bits per heavy atom. The molecule has 3 atom stereocenters. The second kappa shape index (κ2) is 11.2. The highest BCUT2D eigenvalue weighted by Crippen LogP contribution is 2.48. The molecule has 3 fully saturated rings. The van der Waals surface area contributed by atoms with Crippen LogP contribution in [0, 0.1) is 17.7 Å². The molecule has 2 aliphatic carbocycles. The van der Waals surface area contributed by atoms with Gasteiger partial charge in [0.2, 0.25) is 11.8 Å². The van der Waals surface area contributed by atoms with Gasteiger partial charge >= 0.3 is 6.09 Å². The van der Waals surface area contributed by atoms with Gasteiger partial charge in [-0.25, -0.2) is 18.7 Å². The number of hydrogen-bond donors (Lipinski definition) is 1. The molecule has 3 aromatic heterocycles. The van der Waals surface area contributed by atoms with E-state index in [1.165, 1.54) is 12.1 Å². The number of rotatable bonds is 8. The Kier molecular flexibility index (Phi) is 7.40. The summed E-state index contributed by atoms with van der Waals surface area (Å²) >= 11 is 0. The SMILES string of the molecule is COc1cc(C(=O)N2C[C@@H]3C(Oc4cc(C(C)(C)NC(=O)OC(C)(C)C)cc(-c5ccc(F)cc5)n4)[C@@H]3C2)cc2cc(C3CC3)nn12. The summed E-state index contributed by atoms with van der Waals surface area (Å²) in [5.74, 6) is 1.40. The molecule has 10 nitrogen and oxygen atoms in total. The van der Waals surface area contributed by atoms with Crippen LogP contribution >= 0.6 is 0 Å². The van der Waals surface area contributed by atoms with E-state index in [0.717, 1.165) is 29.6 Å². The molecular formula is C36H40FN5O5. The van der Waals surface area contributed by atoms with Crippen LogP contribution < -0.4 is 14.8 Å². The van der Waals surface area contributed by atoms with Crippen molar-refractivity contribution >= 4 is 17.5 Å². The fraction of sp³-hybridized carbons (Fsp3) is 0.444. The van der Waals surface area contributed by atoms with Crippen molar-refractivity contribution in [3.05, 3.63) is 77.2 Å². The quantitative estimate of drug-likeness (QED) is 0.240. The zero-order chi connectivity index (χ0) is 33.2. The molecule has 246 valence electrons. The largest absolute Gasteiger partial charge is 0.481 e. The third-order valence-electron chi connectivity index (χ3n) is 9.14. The van der Waals surface area contributed by atoms with Gasteiger partial charge in [0.05, 0.1) is 29.6 Å². The molecule has 1 N–H and O–H groups in total. The number of halogens is 1. The number of carbonyl (C=O) groups excluding carboxylic acids is 2. The number of pyridine rings is 2. The molecular weight excluding hydrogens is 601 g/mol. The summed E-state index contributed by atoms with van der Waals surface area (Å²) in [6.07, 6.45) is 1.65. The van der Waals surface area contributed by atoms with Gasteiger partial charge in [-0.2, -0.15) is 5.10 Å². The Morgan fingerprint density at radius 1 is 0.957 bits per heavy atom. The first-order valence-corrected chi connectivity index (χ1v) is 16.1. The molecule has 1 aliphatic heterocycles. The maximum absolute atomic E-state index is 13.7. The number of fused-ring (bicyclic) bond motifs is 2. The summed E-state index contributed by atoms with van der Waals surface area (Å²) in [5.41, 5.74) is 3.05. The van der Waals surface area contributed by atoms with E-state index in [9.17, 15) is 14.0 Å². The predicted molar refractivity (Wildman–Crippen MR) is 173 cm³/mol. The van der Waals surface area contributed by atoms with Crippen LogP contribution in [0.5, 0.6) is 11.8 Å². The van der Waals surface area contributed by atoms with Crippen molar-refractivity contribution in [1.82, 2.24) is 24.8 Å². The molecule has 2 saturated carbocycles. The number of likely N-dealkylation sites (tertiary alicyclic amines) is 1. The van der Waals surface area contributed by atoms with Gasteiger partial charge in [-0.1, -0.05) is 0 Å². The Hall–Kier alpha value is -4.67. The molecule has 1 unspecified atom stereocenters. The lowest BCUT2D eigenvalue weighted by atomic mass is 9.93. The van der Waals surface area contributed by atoms with E-state index in [0.29, 0.717) is 47.6 Å². The molecule has 11 heteroatoms. The number of ether oxygens (including phenoxy) is 3. The summed E-state index contributed by atoms with van der Waals surface area (Å²) in [5, 5.41) is 7.64. The van der Waals surface area contributed by atoms with Gasteiger partial charge in [-0.3, -0.25) is 4.79 Å². The first-order valence-electron chi connectivity index (χ1n) is 16.1. The van der Waals surface area contributed by atoms with Gasteiger partial charge in [-0.05, 0) is 95.5 Å². The third kappa shape index (κ3) is 6.35. The molecule has 0 radical (unpaired) electrons. The van der Waals surface area contributed by atoms with Crippen molar-refractivity contribution in [1.29, 1.82) is 0 Å². The van der Waals surface area contributed by atoms with Crippen LogP contribution in [0.15, 0.2) is 54.6 Å². The van der Waals surface area contributed by atoms with Crippen LogP contribution in [0.2, 0.25) is 0 Å². The highest BCUT2D eigenvalue weighted by Gasteiger charge is 2.59. The maximum atomic E-state index is 13.7. The van der Waals surface area contributed by atoms with Gasteiger partial charge in [0.15, 0.2) is 0 Å². The first kappa shape index (κ1) is 31.0. The predicted octanol–water partition coefficient (Wildman–Crippen LogP) is 6.33. The summed E-state index contributed by atoms with van der Waals surface area (Å²) in [6, 6.07) is 15.5. The minimum atomic E-state index is -0.835. The fourth-order valence-electron chi connectivity index (χ4n) is 6.40. The molecule has 1 saturated heterocycles. The number of piperidine rings is 1. The maximum Gasteiger partial charge on any atom is 0.408 e. The summed E-state index contributed by atoms with van der Waals surface area (Å²) < 4.78 is 33.0. The number of nitrogens with one attached hydrogen (secondary N) is 1. The van der Waals surface area contributed by atoms with Crippen LogP contribution in [0.3, 0.4) is 0 Å². The summed E-state index contributed by atoms with van der Waals surface area (Å²) in [7, 11) is 1.59. The van der Waals surface area contributed by atoms with E-state index in [2.05, 4.69) is 5.32 Å². The van der Waals surface area contributed by atoms with E-state index in [-0.39, 0.29) is 29.7 Å². The van der Waals surface area contributed by atoms with Crippen LogP contribution in [0.25, 0.3) is 16.8 Å². The monoisotopic (exact) mass is 641 g/mol. The van der Waals surface area contributed by atoms with Crippen molar-refractivity contribution < 1.29 is 28.2 Å². The highest BCUT2D eigenvalue weighted by molar-refractivity contribution is 5.96. The van der Waals surface area contributed by atoms with E-state index < -0.39 is 17.2 Å². The van der Waals surface area contributed by atoms with Crippen molar-refractivity contribution in [2.75, 3.05) is 20.2 Å². The number of amides is 2. The van der Waals surface area contributed by atoms with Crippen molar-refractivity contribution in [3.63, 3.8) is 0 Å². The van der Waals surface area contributed by atoms with Crippen molar-refractivity contribution in [3.8, 4) is 23.0 Å².